The van der Waals surface area contributed by atoms with Crippen LogP contribution in [0.4, 0.5) is 0 Å². The summed E-state index contributed by atoms with van der Waals surface area (Å²) in [5.41, 5.74) is 0. The van der Waals surface area contributed by atoms with Gasteiger partial charge in [0, 0.05) is 67.7 Å². The smallest absolute Gasteiger partial charge is 0.0589 e. The van der Waals surface area contributed by atoms with Crippen molar-refractivity contribution in [3.05, 3.63) is 0 Å². The number of fused-ring (bicyclic) bond motifs is 5. The molecule has 3 aliphatic rings. The van der Waals surface area contributed by atoms with E-state index in [2.05, 4.69) is 9.80 Å². The van der Waals surface area contributed by atoms with Crippen molar-refractivity contribution in [1.29, 1.82) is 0 Å². The molecule has 30 heavy (non-hydrogen) atoms. The molecule has 0 radical (unpaired) electrons. The zero-order valence-electron chi connectivity index (χ0n) is 19.9. The monoisotopic (exact) mass is 426 g/mol. The molecular formula is C24H46N2O4. The molecule has 3 saturated carbocycles. The molecule has 6 unspecified atom stereocenters. The maximum Gasteiger partial charge on any atom is 0.0589 e. The van der Waals surface area contributed by atoms with Gasteiger partial charge in [0.25, 0.3) is 0 Å². The van der Waals surface area contributed by atoms with Crippen LogP contribution in [0.25, 0.3) is 0 Å². The number of rotatable bonds is 16. The van der Waals surface area contributed by atoms with Crippen molar-refractivity contribution in [3.8, 4) is 0 Å². The predicted octanol–water partition coefficient (Wildman–Crippen LogP) is 2.47. The standard InChI is InChI=1S/C24H46N2O4/c1-27-11-7-25(8-12-28-2)17-19-5-6-22-20-15-21(23(16-20)24(19)22)18-26(9-13-29-3)10-14-30-4/h19-24H,5-18H2,1-4H3. The molecule has 0 aromatic rings. The topological polar surface area (TPSA) is 43.4 Å². The Morgan fingerprint density at radius 3 is 1.60 bits per heavy atom. The molecule has 3 aliphatic carbocycles. The van der Waals surface area contributed by atoms with Crippen LogP contribution in [0.3, 0.4) is 0 Å². The van der Waals surface area contributed by atoms with Gasteiger partial charge in [-0.1, -0.05) is 0 Å². The summed E-state index contributed by atoms with van der Waals surface area (Å²) < 4.78 is 21.5. The Morgan fingerprint density at radius 2 is 1.10 bits per heavy atom. The average molecular weight is 427 g/mol. The van der Waals surface area contributed by atoms with Gasteiger partial charge in [-0.15, -0.1) is 0 Å². The first-order valence-electron chi connectivity index (χ1n) is 12.1. The number of hydrogen-bond acceptors (Lipinski definition) is 6. The van der Waals surface area contributed by atoms with Gasteiger partial charge >= 0.3 is 0 Å². The lowest BCUT2D eigenvalue weighted by Gasteiger charge is -2.38. The highest BCUT2D eigenvalue weighted by Crippen LogP contribution is 2.62. The first kappa shape index (κ1) is 24.4. The van der Waals surface area contributed by atoms with Gasteiger partial charge in [-0.05, 0) is 61.2 Å². The van der Waals surface area contributed by atoms with Gasteiger partial charge in [-0.25, -0.2) is 0 Å². The molecule has 0 N–H and O–H groups in total. The molecular weight excluding hydrogens is 380 g/mol. The molecule has 3 rings (SSSR count). The van der Waals surface area contributed by atoms with Crippen LogP contribution in [0.5, 0.6) is 0 Å². The minimum Gasteiger partial charge on any atom is -0.383 e. The van der Waals surface area contributed by atoms with Gasteiger partial charge in [0.15, 0.2) is 0 Å². The van der Waals surface area contributed by atoms with Crippen molar-refractivity contribution in [2.24, 2.45) is 35.5 Å². The van der Waals surface area contributed by atoms with Crippen LogP contribution in [0.2, 0.25) is 0 Å². The van der Waals surface area contributed by atoms with Crippen LogP contribution < -0.4 is 0 Å². The van der Waals surface area contributed by atoms with Gasteiger partial charge in [0.2, 0.25) is 0 Å². The van der Waals surface area contributed by atoms with E-state index < -0.39 is 0 Å². The van der Waals surface area contributed by atoms with E-state index in [1.54, 1.807) is 28.4 Å². The lowest BCUT2D eigenvalue weighted by atomic mass is 9.72. The Balaban J connectivity index is 1.58. The minimum absolute atomic E-state index is 0.813. The minimum atomic E-state index is 0.813. The maximum atomic E-state index is 5.37. The molecule has 6 nitrogen and oxygen atoms in total. The van der Waals surface area contributed by atoms with Crippen molar-refractivity contribution in [2.45, 2.75) is 25.7 Å². The fraction of sp³-hybridized carbons (Fsp3) is 1.00. The molecule has 3 fully saturated rings. The Bertz CT molecular complexity index is 464. The van der Waals surface area contributed by atoms with Crippen molar-refractivity contribution >= 4 is 0 Å². The molecule has 176 valence electrons. The second-order valence-corrected chi connectivity index (χ2v) is 9.81. The van der Waals surface area contributed by atoms with E-state index >= 15 is 0 Å². The Hall–Kier alpha value is -0.240. The third kappa shape index (κ3) is 6.17. The number of ether oxygens (including phenoxy) is 4. The summed E-state index contributed by atoms with van der Waals surface area (Å²) >= 11 is 0. The molecule has 0 aromatic carbocycles. The molecule has 6 atom stereocenters. The molecule has 6 heteroatoms. The van der Waals surface area contributed by atoms with E-state index in [-0.39, 0.29) is 0 Å². The van der Waals surface area contributed by atoms with Gasteiger partial charge in [0.1, 0.15) is 0 Å². The molecule has 0 heterocycles. The Kier molecular flexibility index (Phi) is 10.3. The Labute approximate surface area is 184 Å². The first-order valence-corrected chi connectivity index (χ1v) is 12.1. The third-order valence-electron chi connectivity index (χ3n) is 8.23. The third-order valence-corrected chi connectivity index (χ3v) is 8.23. The number of hydrogen-bond donors (Lipinski definition) is 0. The molecule has 0 saturated heterocycles. The lowest BCUT2D eigenvalue weighted by Crippen LogP contribution is -2.42. The zero-order chi connectivity index (χ0) is 21.3. The van der Waals surface area contributed by atoms with E-state index in [1.165, 1.54) is 38.8 Å². The normalized spacial score (nSPS) is 32.6. The summed E-state index contributed by atoms with van der Waals surface area (Å²) in [5.74, 6) is 5.55. The number of nitrogens with zero attached hydrogens (tertiary/aromatic N) is 2. The summed E-state index contributed by atoms with van der Waals surface area (Å²) in [7, 11) is 7.22. The van der Waals surface area contributed by atoms with Crippen molar-refractivity contribution < 1.29 is 18.9 Å². The van der Waals surface area contributed by atoms with Crippen molar-refractivity contribution in [1.82, 2.24) is 9.80 Å². The summed E-state index contributed by atoms with van der Waals surface area (Å²) in [6.07, 6.45) is 5.81. The van der Waals surface area contributed by atoms with Crippen molar-refractivity contribution in [3.63, 3.8) is 0 Å². The highest BCUT2D eigenvalue weighted by Gasteiger charge is 2.57. The second-order valence-electron chi connectivity index (χ2n) is 9.81. The van der Waals surface area contributed by atoms with Crippen LogP contribution in [-0.2, 0) is 18.9 Å². The number of methoxy groups -OCH3 is 4. The summed E-state index contributed by atoms with van der Waals surface area (Å²) in [5, 5.41) is 0. The Morgan fingerprint density at radius 1 is 0.600 bits per heavy atom. The first-order chi connectivity index (χ1) is 14.7. The summed E-state index contributed by atoms with van der Waals surface area (Å²) in [6, 6.07) is 0. The summed E-state index contributed by atoms with van der Waals surface area (Å²) in [6.45, 7) is 9.78. The molecule has 2 bridgehead atoms. The molecule has 0 spiro atoms. The van der Waals surface area contributed by atoms with Crippen LogP contribution in [0, 0.1) is 35.5 Å². The van der Waals surface area contributed by atoms with E-state index in [1.807, 2.05) is 0 Å². The highest BCUT2D eigenvalue weighted by molar-refractivity contribution is 5.06. The fourth-order valence-corrected chi connectivity index (χ4v) is 6.94. The largest absolute Gasteiger partial charge is 0.383 e. The average Bonchev–Trinajstić information content (AvgIpc) is 3.44. The van der Waals surface area contributed by atoms with Gasteiger partial charge in [0.05, 0.1) is 26.4 Å². The second kappa shape index (κ2) is 12.7. The van der Waals surface area contributed by atoms with Gasteiger partial charge < -0.3 is 18.9 Å². The molecule has 0 amide bonds. The van der Waals surface area contributed by atoms with Crippen LogP contribution >= 0.6 is 0 Å². The van der Waals surface area contributed by atoms with Gasteiger partial charge in [-0.3, -0.25) is 9.80 Å². The summed E-state index contributed by atoms with van der Waals surface area (Å²) in [4.78, 5) is 5.17. The zero-order valence-corrected chi connectivity index (χ0v) is 19.9. The fourth-order valence-electron chi connectivity index (χ4n) is 6.94. The van der Waals surface area contributed by atoms with Gasteiger partial charge in [-0.2, -0.15) is 0 Å². The van der Waals surface area contributed by atoms with E-state index in [9.17, 15) is 0 Å². The SMILES string of the molecule is COCCN(CCOC)CC1CC2CC1C1C(CN(CCOC)CCOC)CCC21. The highest BCUT2D eigenvalue weighted by atomic mass is 16.5. The molecule has 0 aromatic heterocycles. The predicted molar refractivity (Wildman–Crippen MR) is 120 cm³/mol. The van der Waals surface area contributed by atoms with Crippen LogP contribution in [-0.4, -0.2) is 104 Å². The van der Waals surface area contributed by atoms with Crippen LogP contribution in [0.15, 0.2) is 0 Å². The van der Waals surface area contributed by atoms with E-state index in [4.69, 9.17) is 18.9 Å². The van der Waals surface area contributed by atoms with E-state index in [0.717, 1.165) is 88.1 Å². The maximum absolute atomic E-state index is 5.37. The van der Waals surface area contributed by atoms with Crippen molar-refractivity contribution in [2.75, 3.05) is 94.1 Å². The van der Waals surface area contributed by atoms with E-state index in [0.29, 0.717) is 0 Å². The quantitative estimate of drug-likeness (QED) is 0.378. The molecule has 0 aliphatic heterocycles. The van der Waals surface area contributed by atoms with Crippen LogP contribution in [0.1, 0.15) is 25.7 Å². The lowest BCUT2D eigenvalue weighted by molar-refractivity contribution is 0.0610.